The molecule has 0 aromatic carbocycles. The van der Waals surface area contributed by atoms with Gasteiger partial charge in [0.2, 0.25) is 5.91 Å². The Hall–Kier alpha value is -0.320. The van der Waals surface area contributed by atoms with Crippen LogP contribution in [0.15, 0.2) is 12.7 Å². The van der Waals surface area contributed by atoms with Gasteiger partial charge in [-0.25, -0.2) is 0 Å². The van der Waals surface area contributed by atoms with Gasteiger partial charge in [-0.1, -0.05) is 45.1 Å². The summed E-state index contributed by atoms with van der Waals surface area (Å²) in [4.78, 5) is 21.1. The molecule has 0 rings (SSSR count). The first-order valence-electron chi connectivity index (χ1n) is 6.79. The van der Waals surface area contributed by atoms with Gasteiger partial charge in [-0.2, -0.15) is 0 Å². The van der Waals surface area contributed by atoms with Crippen LogP contribution >= 0.6 is 0 Å². The fourth-order valence-electron chi connectivity index (χ4n) is 1.75. The molecule has 0 fully saturated rings. The summed E-state index contributed by atoms with van der Waals surface area (Å²) in [6.07, 6.45) is 10.2. The van der Waals surface area contributed by atoms with Crippen molar-refractivity contribution >= 4 is 41.4 Å². The number of carboxylic acids is 1. The summed E-state index contributed by atoms with van der Waals surface area (Å²) in [6.45, 7) is 4.11. The number of hydrogen-bond acceptors (Lipinski definition) is 2. The number of unbranched alkanes of at least 4 members (excludes halogenated alkanes) is 7. The van der Waals surface area contributed by atoms with Crippen molar-refractivity contribution in [2.45, 2.75) is 57.8 Å². The summed E-state index contributed by atoms with van der Waals surface area (Å²) in [7, 11) is 0. The second-order valence-electron chi connectivity index (χ2n) is 4.47. The van der Waals surface area contributed by atoms with Crippen LogP contribution < -0.4 is 5.32 Å². The second-order valence-corrected chi connectivity index (χ2v) is 4.47. The molecule has 0 radical (unpaired) electrons. The molecule has 0 aromatic rings. The van der Waals surface area contributed by atoms with Crippen LogP contribution in [-0.4, -0.2) is 53.1 Å². The Bertz CT molecular complexity index is 257. The van der Waals surface area contributed by atoms with E-state index in [9.17, 15) is 9.59 Å². The van der Waals surface area contributed by atoms with Crippen molar-refractivity contribution in [3.8, 4) is 0 Å². The van der Waals surface area contributed by atoms with E-state index in [4.69, 9.17) is 5.11 Å². The maximum absolute atomic E-state index is 10.8. The Morgan fingerprint density at radius 3 is 1.89 bits per heavy atom. The Kier molecular flexibility index (Phi) is 17.4. The molecule has 0 saturated heterocycles. The molecule has 19 heavy (non-hydrogen) atoms. The molecule has 0 saturated carbocycles. The number of amides is 1. The van der Waals surface area contributed by atoms with Gasteiger partial charge in [0.05, 0.1) is 0 Å². The summed E-state index contributed by atoms with van der Waals surface area (Å²) in [5.41, 5.74) is 0. The predicted molar refractivity (Wildman–Crippen MR) is 79.5 cm³/mol. The number of nitrogens with one attached hydrogen (secondary N) is 1. The van der Waals surface area contributed by atoms with Crippen LogP contribution in [0.1, 0.15) is 57.8 Å². The van der Waals surface area contributed by atoms with Crippen LogP contribution in [0.3, 0.4) is 0 Å². The van der Waals surface area contributed by atoms with Gasteiger partial charge >= 0.3 is 35.5 Å². The average molecular weight is 279 g/mol. The summed E-state index contributed by atoms with van der Waals surface area (Å²) in [5.74, 6) is -0.801. The quantitative estimate of drug-likeness (QED) is 0.327. The Labute approximate surface area is 138 Å². The fourth-order valence-corrected chi connectivity index (χ4v) is 1.75. The summed E-state index contributed by atoms with van der Waals surface area (Å²) in [6, 6.07) is 0. The summed E-state index contributed by atoms with van der Waals surface area (Å²) < 4.78 is 0. The summed E-state index contributed by atoms with van der Waals surface area (Å²) in [5, 5.41) is 11.2. The third kappa shape index (κ3) is 17.7. The van der Waals surface area contributed by atoms with Crippen LogP contribution in [-0.2, 0) is 9.59 Å². The molecular formula is C14H26NNaO3. The van der Waals surface area contributed by atoms with Crippen molar-refractivity contribution < 1.29 is 14.7 Å². The maximum atomic E-state index is 10.8. The first-order chi connectivity index (χ1) is 8.66. The number of aliphatic carboxylic acids is 1. The van der Waals surface area contributed by atoms with Crippen molar-refractivity contribution in [1.29, 1.82) is 0 Å². The second kappa shape index (κ2) is 15.7. The molecule has 0 aliphatic carbocycles. The van der Waals surface area contributed by atoms with E-state index in [2.05, 4.69) is 11.9 Å². The minimum atomic E-state index is -0.698. The Balaban J connectivity index is 0. The molecule has 0 aliphatic heterocycles. The molecule has 2 N–H and O–H groups in total. The topological polar surface area (TPSA) is 66.4 Å². The number of rotatable bonds is 12. The third-order valence-corrected chi connectivity index (χ3v) is 2.80. The van der Waals surface area contributed by atoms with E-state index in [-0.39, 0.29) is 35.5 Å². The van der Waals surface area contributed by atoms with Crippen molar-refractivity contribution in [3.05, 3.63) is 12.7 Å². The van der Waals surface area contributed by atoms with Crippen LogP contribution in [0.5, 0.6) is 0 Å². The van der Waals surface area contributed by atoms with Gasteiger partial charge in [-0.3, -0.25) is 9.59 Å². The molecule has 5 heteroatoms. The Morgan fingerprint density at radius 1 is 0.947 bits per heavy atom. The molecule has 0 heterocycles. The number of carboxylic acid groups (broad SMARTS) is 1. The van der Waals surface area contributed by atoms with Crippen molar-refractivity contribution in [3.63, 3.8) is 0 Å². The molecule has 1 amide bonds. The molecule has 4 nitrogen and oxygen atoms in total. The van der Waals surface area contributed by atoms with E-state index < -0.39 is 5.97 Å². The van der Waals surface area contributed by atoms with E-state index in [1.807, 2.05) is 0 Å². The van der Waals surface area contributed by atoms with E-state index in [1.54, 1.807) is 0 Å². The summed E-state index contributed by atoms with van der Waals surface area (Å²) >= 11 is 0. The minimum absolute atomic E-state index is 0. The standard InChI is InChI=1S/C14H25NO3.Na.H/c1-2-13(16)15-12-10-8-6-4-3-5-7-9-11-14(17)18;;/h2H,1,3-12H2,(H,15,16)(H,17,18);;. The monoisotopic (exact) mass is 279 g/mol. The predicted octanol–water partition coefficient (Wildman–Crippen LogP) is 2.24. The average Bonchev–Trinajstić information content (AvgIpc) is 2.35. The molecule has 106 valence electrons. The molecule has 0 aliphatic rings. The van der Waals surface area contributed by atoms with Gasteiger partial charge in [-0.15, -0.1) is 0 Å². The SMILES string of the molecule is C=CC(=O)NCCCCCCCCCCC(=O)O.[NaH]. The molecule has 0 atom stereocenters. The van der Waals surface area contributed by atoms with Gasteiger partial charge < -0.3 is 10.4 Å². The number of hydrogen-bond donors (Lipinski definition) is 2. The fraction of sp³-hybridized carbons (Fsp3) is 0.714. The molecule has 0 aromatic heterocycles. The van der Waals surface area contributed by atoms with Gasteiger partial charge in [-0.05, 0) is 18.9 Å². The first-order valence-corrected chi connectivity index (χ1v) is 6.79. The van der Waals surface area contributed by atoms with Gasteiger partial charge in [0.15, 0.2) is 0 Å². The van der Waals surface area contributed by atoms with E-state index >= 15 is 0 Å². The zero-order chi connectivity index (χ0) is 13.6. The zero-order valence-corrected chi connectivity index (χ0v) is 11.1. The van der Waals surface area contributed by atoms with E-state index in [0.29, 0.717) is 6.42 Å². The number of carbonyl (C=O) groups is 2. The molecule has 0 spiro atoms. The molecular weight excluding hydrogens is 253 g/mol. The van der Waals surface area contributed by atoms with Gasteiger partial charge in [0, 0.05) is 13.0 Å². The van der Waals surface area contributed by atoms with Crippen LogP contribution in [0, 0.1) is 0 Å². The molecule has 0 bridgehead atoms. The van der Waals surface area contributed by atoms with E-state index in [0.717, 1.165) is 38.6 Å². The first kappa shape index (κ1) is 21.0. The van der Waals surface area contributed by atoms with Crippen molar-refractivity contribution in [2.75, 3.05) is 6.54 Å². The third-order valence-electron chi connectivity index (χ3n) is 2.80. The normalized spacial score (nSPS) is 9.47. The van der Waals surface area contributed by atoms with E-state index in [1.165, 1.54) is 25.3 Å². The number of carbonyl (C=O) groups excluding carboxylic acids is 1. The van der Waals surface area contributed by atoms with Gasteiger partial charge in [0.1, 0.15) is 0 Å². The zero-order valence-electron chi connectivity index (χ0n) is 11.1. The van der Waals surface area contributed by atoms with Gasteiger partial charge in [0.25, 0.3) is 0 Å². The van der Waals surface area contributed by atoms with Crippen molar-refractivity contribution in [2.24, 2.45) is 0 Å². The molecule has 0 unspecified atom stereocenters. The Morgan fingerprint density at radius 2 is 1.42 bits per heavy atom. The van der Waals surface area contributed by atoms with Crippen LogP contribution in [0.25, 0.3) is 0 Å². The van der Waals surface area contributed by atoms with Crippen LogP contribution in [0.4, 0.5) is 0 Å². The van der Waals surface area contributed by atoms with Crippen molar-refractivity contribution in [1.82, 2.24) is 5.32 Å². The van der Waals surface area contributed by atoms with Crippen LogP contribution in [0.2, 0.25) is 0 Å².